The van der Waals surface area contributed by atoms with Crippen LogP contribution in [0, 0.1) is 0 Å². The lowest BCUT2D eigenvalue weighted by Gasteiger charge is -2.39. The zero-order chi connectivity index (χ0) is 17.6. The van der Waals surface area contributed by atoms with Gasteiger partial charge < -0.3 is 4.74 Å². The fourth-order valence-corrected chi connectivity index (χ4v) is 4.71. The van der Waals surface area contributed by atoms with Gasteiger partial charge in [0.05, 0.1) is 18.5 Å². The molecular formula is C18H22IN3O2S. The number of fused-ring (bicyclic) bond motifs is 1. The summed E-state index contributed by atoms with van der Waals surface area (Å²) in [6.07, 6.45) is 2.31. The van der Waals surface area contributed by atoms with E-state index in [1.54, 1.807) is 9.12 Å². The molecule has 25 heavy (non-hydrogen) atoms. The molecule has 134 valence electrons. The van der Waals surface area contributed by atoms with Gasteiger partial charge in [-0.3, -0.25) is 14.7 Å². The topological polar surface area (TPSA) is 45.7 Å². The fourth-order valence-electron chi connectivity index (χ4n) is 3.25. The number of halogens is 1. The maximum absolute atomic E-state index is 12.0. The molecule has 0 radical (unpaired) electrons. The summed E-state index contributed by atoms with van der Waals surface area (Å²) >= 11 is 2.31. The molecule has 1 saturated heterocycles. The third-order valence-corrected chi connectivity index (χ3v) is 6.68. The van der Waals surface area contributed by atoms with Gasteiger partial charge in [0.2, 0.25) is 0 Å². The zero-order valence-corrected chi connectivity index (χ0v) is 17.2. The van der Waals surface area contributed by atoms with Crippen molar-refractivity contribution in [3.8, 4) is 0 Å². The number of rotatable bonds is 6. The van der Waals surface area contributed by atoms with Crippen LogP contribution in [0.5, 0.6) is 0 Å². The molecule has 0 aliphatic carbocycles. The van der Waals surface area contributed by atoms with Gasteiger partial charge in [-0.15, -0.1) is 0 Å². The quantitative estimate of drug-likeness (QED) is 0.364. The van der Waals surface area contributed by atoms with Crippen molar-refractivity contribution in [1.82, 2.24) is 14.2 Å². The van der Waals surface area contributed by atoms with Crippen LogP contribution in [0.15, 0.2) is 36.5 Å². The van der Waals surface area contributed by atoms with Gasteiger partial charge in [0, 0.05) is 65.0 Å². The van der Waals surface area contributed by atoms with E-state index in [1.165, 1.54) is 10.9 Å². The molecule has 2 heterocycles. The fraction of sp³-hybridized carbons (Fsp3) is 0.444. The maximum Gasteiger partial charge on any atom is 0.307 e. The lowest BCUT2D eigenvalue weighted by Crippen LogP contribution is -2.51. The molecule has 5 nitrogen and oxygen atoms in total. The molecule has 7 heteroatoms. The number of aromatic nitrogens is 1. The largest absolute Gasteiger partial charge is 0.466 e. The summed E-state index contributed by atoms with van der Waals surface area (Å²) in [5, 5.41) is 1.19. The Labute approximate surface area is 164 Å². The maximum atomic E-state index is 12.0. The van der Waals surface area contributed by atoms with Crippen molar-refractivity contribution in [1.29, 1.82) is 0 Å². The highest BCUT2D eigenvalue weighted by Crippen LogP contribution is 2.27. The second kappa shape index (κ2) is 9.16. The number of hydrogen-bond donors (Lipinski definition) is 0. The highest BCUT2D eigenvalue weighted by atomic mass is 127. The summed E-state index contributed by atoms with van der Waals surface area (Å²) in [7, 11) is 1.72. The predicted molar refractivity (Wildman–Crippen MR) is 110 cm³/mol. The molecule has 1 unspecified atom stereocenters. The molecule has 0 bridgehead atoms. The Hall–Kier alpha value is -0.900. The normalized spacial score (nSPS) is 19.2. The van der Waals surface area contributed by atoms with Gasteiger partial charge in [-0.1, -0.05) is 18.2 Å². The third kappa shape index (κ3) is 4.84. The number of esters is 1. The molecule has 1 aliphatic rings. The molecule has 1 aliphatic heterocycles. The number of piperazine rings is 1. The number of nitrogens with zero attached hydrogens (tertiary/aromatic N) is 3. The van der Waals surface area contributed by atoms with E-state index in [0.29, 0.717) is 13.0 Å². The summed E-state index contributed by atoms with van der Waals surface area (Å²) in [5.74, 6) is -0.114. The summed E-state index contributed by atoms with van der Waals surface area (Å²) in [6.45, 7) is 5.92. The Balaban J connectivity index is 1.79. The highest BCUT2D eigenvalue weighted by molar-refractivity contribution is 14.2. The van der Waals surface area contributed by atoms with Crippen molar-refractivity contribution in [3.63, 3.8) is 0 Å². The van der Waals surface area contributed by atoms with Crippen LogP contribution in [0.3, 0.4) is 0 Å². The molecule has 1 aromatic carbocycles. The lowest BCUT2D eigenvalue weighted by molar-refractivity contribution is -0.145. The van der Waals surface area contributed by atoms with Crippen LogP contribution >= 0.6 is 30.3 Å². The van der Waals surface area contributed by atoms with Crippen LogP contribution in [0.2, 0.25) is 0 Å². The second-order valence-electron chi connectivity index (χ2n) is 6.08. The Bertz CT molecular complexity index is 725. The average Bonchev–Trinajstić information content (AvgIpc) is 2.63. The van der Waals surface area contributed by atoms with Crippen LogP contribution < -0.4 is 0 Å². The van der Waals surface area contributed by atoms with E-state index < -0.39 is 0 Å². The van der Waals surface area contributed by atoms with Crippen molar-refractivity contribution in [2.75, 3.05) is 26.2 Å². The second-order valence-corrected chi connectivity index (χ2v) is 7.91. The standard InChI is InChI=1S/C18H22IN3O2S/c1-2-24-18(23)11-15-13-22(25-19)10-9-21(15)12-14-7-8-20-17-6-4-3-5-16(14)17/h3-8,15H,2,9-13H2,1H3. The van der Waals surface area contributed by atoms with E-state index in [2.05, 4.69) is 47.5 Å². The lowest BCUT2D eigenvalue weighted by atomic mass is 10.1. The number of pyridine rings is 1. The molecule has 1 atom stereocenters. The van der Waals surface area contributed by atoms with E-state index in [-0.39, 0.29) is 12.0 Å². The number of benzene rings is 1. The summed E-state index contributed by atoms with van der Waals surface area (Å²) in [5.41, 5.74) is 2.28. The minimum atomic E-state index is -0.114. The molecular weight excluding hydrogens is 449 g/mol. The van der Waals surface area contributed by atoms with Crippen LogP contribution in [0.4, 0.5) is 0 Å². The van der Waals surface area contributed by atoms with Crippen LogP contribution in [-0.4, -0.2) is 52.4 Å². The Kier molecular flexibility index (Phi) is 6.92. The molecule has 0 saturated carbocycles. The number of hydrogen-bond acceptors (Lipinski definition) is 6. The first-order valence-corrected chi connectivity index (χ1v) is 11.8. The highest BCUT2D eigenvalue weighted by Gasteiger charge is 2.29. The Morgan fingerprint density at radius 2 is 2.20 bits per heavy atom. The zero-order valence-electron chi connectivity index (χ0n) is 14.2. The van der Waals surface area contributed by atoms with Crippen LogP contribution in [0.1, 0.15) is 18.9 Å². The van der Waals surface area contributed by atoms with Crippen LogP contribution in [-0.2, 0) is 16.1 Å². The van der Waals surface area contributed by atoms with Crippen molar-refractivity contribution in [3.05, 3.63) is 42.1 Å². The summed E-state index contributed by atoms with van der Waals surface area (Å²) in [4.78, 5) is 18.9. The van der Waals surface area contributed by atoms with Crippen molar-refractivity contribution in [2.24, 2.45) is 0 Å². The first-order chi connectivity index (χ1) is 12.2. The van der Waals surface area contributed by atoms with E-state index >= 15 is 0 Å². The van der Waals surface area contributed by atoms with Crippen molar-refractivity contribution in [2.45, 2.75) is 25.9 Å². The first-order valence-electron chi connectivity index (χ1n) is 8.47. The predicted octanol–water partition coefficient (Wildman–Crippen LogP) is 3.67. The van der Waals surface area contributed by atoms with Crippen molar-refractivity contribution < 1.29 is 9.53 Å². The van der Waals surface area contributed by atoms with Gasteiger partial charge in [-0.05, 0) is 33.7 Å². The van der Waals surface area contributed by atoms with Gasteiger partial charge in [0.25, 0.3) is 0 Å². The van der Waals surface area contributed by atoms with E-state index in [1.807, 2.05) is 31.3 Å². The number of ether oxygens (including phenoxy) is 1. The van der Waals surface area contributed by atoms with Gasteiger partial charge in [0.15, 0.2) is 0 Å². The third-order valence-electron chi connectivity index (χ3n) is 4.49. The summed E-state index contributed by atoms with van der Waals surface area (Å²) in [6, 6.07) is 10.5. The number of carbonyl (C=O) groups is 1. The summed E-state index contributed by atoms with van der Waals surface area (Å²) < 4.78 is 7.49. The van der Waals surface area contributed by atoms with E-state index in [9.17, 15) is 4.79 Å². The minimum absolute atomic E-state index is 0.114. The minimum Gasteiger partial charge on any atom is -0.466 e. The van der Waals surface area contributed by atoms with Crippen LogP contribution in [0.25, 0.3) is 10.9 Å². The smallest absolute Gasteiger partial charge is 0.307 e. The molecule has 0 amide bonds. The number of carbonyl (C=O) groups excluding carboxylic acids is 1. The van der Waals surface area contributed by atoms with Gasteiger partial charge in [0.1, 0.15) is 0 Å². The van der Waals surface area contributed by atoms with E-state index in [0.717, 1.165) is 31.7 Å². The Morgan fingerprint density at radius 1 is 1.36 bits per heavy atom. The SMILES string of the molecule is CCOC(=O)CC1CN(SI)CCN1Cc1ccnc2ccccc12. The molecule has 1 fully saturated rings. The molecule has 0 spiro atoms. The van der Waals surface area contributed by atoms with Gasteiger partial charge in [-0.25, -0.2) is 4.31 Å². The monoisotopic (exact) mass is 471 g/mol. The molecule has 1 aromatic heterocycles. The number of para-hydroxylation sites is 1. The van der Waals surface area contributed by atoms with Gasteiger partial charge in [-0.2, -0.15) is 0 Å². The van der Waals surface area contributed by atoms with E-state index in [4.69, 9.17) is 4.74 Å². The van der Waals surface area contributed by atoms with Gasteiger partial charge >= 0.3 is 5.97 Å². The average molecular weight is 471 g/mol. The molecule has 2 aromatic rings. The molecule has 3 rings (SSSR count). The van der Waals surface area contributed by atoms with Crippen molar-refractivity contribution >= 4 is 47.2 Å². The molecule has 0 N–H and O–H groups in total. The first kappa shape index (κ1) is 18.9. The Morgan fingerprint density at radius 3 is 3.00 bits per heavy atom.